The van der Waals surface area contributed by atoms with Crippen LogP contribution in [-0.4, -0.2) is 34.2 Å². The van der Waals surface area contributed by atoms with Crippen molar-refractivity contribution in [3.8, 4) is 0 Å². The maximum Gasteiger partial charge on any atom is 0.271 e. The van der Waals surface area contributed by atoms with E-state index in [1.807, 2.05) is 0 Å². The van der Waals surface area contributed by atoms with Gasteiger partial charge in [0.1, 0.15) is 4.21 Å². The molecule has 2 rings (SSSR count). The fraction of sp³-hybridized carbons (Fsp3) is 0.333. The number of anilines is 1. The summed E-state index contributed by atoms with van der Waals surface area (Å²) in [6.45, 7) is 5.90. The zero-order valence-corrected chi connectivity index (χ0v) is 18.0. The Labute approximate surface area is 161 Å². The van der Waals surface area contributed by atoms with E-state index >= 15 is 0 Å². The Morgan fingerprint density at radius 1 is 1.08 bits per heavy atom. The van der Waals surface area contributed by atoms with Gasteiger partial charge in [0.2, 0.25) is 10.0 Å². The third kappa shape index (κ3) is 4.43. The van der Waals surface area contributed by atoms with Gasteiger partial charge in [-0.25, -0.2) is 16.8 Å². The predicted molar refractivity (Wildman–Crippen MR) is 104 cm³/mol. The first-order chi connectivity index (χ1) is 11.6. The summed E-state index contributed by atoms with van der Waals surface area (Å²) in [6.07, 6.45) is 0. The molecule has 25 heavy (non-hydrogen) atoms. The summed E-state index contributed by atoms with van der Waals surface area (Å²) in [7, 11) is -7.45. The van der Waals surface area contributed by atoms with Crippen LogP contribution in [0, 0.1) is 6.92 Å². The maximum atomic E-state index is 12.8. The molecule has 0 saturated heterocycles. The van der Waals surface area contributed by atoms with E-state index in [0.29, 0.717) is 22.4 Å². The van der Waals surface area contributed by atoms with Crippen molar-refractivity contribution in [2.45, 2.75) is 29.9 Å². The van der Waals surface area contributed by atoms with Crippen LogP contribution in [0.25, 0.3) is 0 Å². The van der Waals surface area contributed by atoms with E-state index in [-0.39, 0.29) is 14.8 Å². The zero-order valence-electron chi connectivity index (χ0n) is 14.0. The average Bonchev–Trinajstić information content (AvgIpc) is 2.97. The summed E-state index contributed by atoms with van der Waals surface area (Å²) in [5, 5.41) is 0. The molecule has 0 aliphatic rings. The Hall–Kier alpha value is -0.940. The van der Waals surface area contributed by atoms with Crippen LogP contribution in [0.2, 0.25) is 0 Å². The number of thiophene rings is 1. The summed E-state index contributed by atoms with van der Waals surface area (Å²) >= 11 is 4.31. The molecule has 0 spiro atoms. The van der Waals surface area contributed by atoms with E-state index in [1.165, 1.54) is 16.4 Å². The first-order valence-corrected chi connectivity index (χ1v) is 12.0. The number of hydrogen-bond donors (Lipinski definition) is 1. The van der Waals surface area contributed by atoms with Crippen LogP contribution in [0.1, 0.15) is 19.4 Å². The molecule has 0 bridgehead atoms. The minimum atomic E-state index is -3.77. The first-order valence-electron chi connectivity index (χ1n) is 7.50. The summed E-state index contributed by atoms with van der Waals surface area (Å²) in [5.41, 5.74) is 0.773. The molecule has 10 heteroatoms. The lowest BCUT2D eigenvalue weighted by atomic mass is 10.2. The second kappa shape index (κ2) is 7.75. The van der Waals surface area contributed by atoms with Crippen LogP contribution in [0.5, 0.6) is 0 Å². The SMILES string of the molecule is CCN(CC)S(=O)(=O)c1cc(NS(=O)(=O)c2ccc(Br)s2)ccc1C. The summed E-state index contributed by atoms with van der Waals surface area (Å²) in [5.74, 6) is 0. The highest BCUT2D eigenvalue weighted by atomic mass is 79.9. The highest BCUT2D eigenvalue weighted by molar-refractivity contribution is 9.11. The van der Waals surface area contributed by atoms with Crippen molar-refractivity contribution in [1.29, 1.82) is 0 Å². The van der Waals surface area contributed by atoms with Crippen molar-refractivity contribution >= 4 is 53.0 Å². The molecule has 0 fully saturated rings. The summed E-state index contributed by atoms with van der Waals surface area (Å²) in [4.78, 5) is 0.101. The number of rotatable bonds is 7. The zero-order chi connectivity index (χ0) is 18.8. The Morgan fingerprint density at radius 3 is 2.24 bits per heavy atom. The van der Waals surface area contributed by atoms with Crippen LogP contribution in [0.3, 0.4) is 0 Å². The van der Waals surface area contributed by atoms with Crippen molar-refractivity contribution in [1.82, 2.24) is 4.31 Å². The van der Waals surface area contributed by atoms with Crippen molar-refractivity contribution in [3.63, 3.8) is 0 Å². The molecule has 1 aromatic carbocycles. The lowest BCUT2D eigenvalue weighted by molar-refractivity contribution is 0.445. The topological polar surface area (TPSA) is 83.6 Å². The number of nitrogens with one attached hydrogen (secondary N) is 1. The van der Waals surface area contributed by atoms with Gasteiger partial charge in [-0.1, -0.05) is 19.9 Å². The second-order valence-electron chi connectivity index (χ2n) is 5.23. The smallest absolute Gasteiger partial charge is 0.271 e. The molecule has 1 heterocycles. The lowest BCUT2D eigenvalue weighted by Crippen LogP contribution is -2.31. The molecule has 6 nitrogen and oxygen atoms in total. The van der Waals surface area contributed by atoms with Crippen LogP contribution in [-0.2, 0) is 20.0 Å². The molecule has 138 valence electrons. The summed E-state index contributed by atoms with van der Waals surface area (Å²) < 4.78 is 55.0. The molecular weight excluding hydrogens is 448 g/mol. The number of halogens is 1. The standard InChI is InChI=1S/C15H19BrN2O4S3/c1-4-18(5-2)25(21,22)13-10-12(7-6-11(13)3)17-24(19,20)15-9-8-14(16)23-15/h6-10,17H,4-5H2,1-3H3. The highest BCUT2D eigenvalue weighted by Gasteiger charge is 2.25. The van der Waals surface area contributed by atoms with Crippen LogP contribution in [0.15, 0.2) is 43.2 Å². The molecule has 0 aliphatic heterocycles. The van der Waals surface area contributed by atoms with Gasteiger partial charge in [-0.3, -0.25) is 4.72 Å². The molecule has 0 saturated carbocycles. The van der Waals surface area contributed by atoms with Crippen LogP contribution in [0.4, 0.5) is 5.69 Å². The van der Waals surface area contributed by atoms with E-state index < -0.39 is 20.0 Å². The number of benzene rings is 1. The van der Waals surface area contributed by atoms with Crippen molar-refractivity contribution < 1.29 is 16.8 Å². The molecular formula is C15H19BrN2O4S3. The third-order valence-electron chi connectivity index (χ3n) is 3.58. The lowest BCUT2D eigenvalue weighted by Gasteiger charge is -2.20. The van der Waals surface area contributed by atoms with Gasteiger partial charge >= 0.3 is 0 Å². The van der Waals surface area contributed by atoms with Crippen molar-refractivity contribution in [2.24, 2.45) is 0 Å². The molecule has 1 N–H and O–H groups in total. The minimum Gasteiger partial charge on any atom is -0.279 e. The molecule has 0 amide bonds. The Bertz CT molecular complexity index is 964. The predicted octanol–water partition coefficient (Wildman–Crippen LogP) is 3.65. The molecule has 0 unspecified atom stereocenters. The van der Waals surface area contributed by atoms with Crippen molar-refractivity contribution in [2.75, 3.05) is 17.8 Å². The number of aryl methyl sites for hydroxylation is 1. The Balaban J connectivity index is 2.43. The minimum absolute atomic E-state index is 0.101. The van der Waals surface area contributed by atoms with Crippen LogP contribution >= 0.6 is 27.3 Å². The van der Waals surface area contributed by atoms with Gasteiger partial charge in [0, 0.05) is 13.1 Å². The number of hydrogen-bond acceptors (Lipinski definition) is 5. The first kappa shape index (κ1) is 20.4. The van der Waals surface area contributed by atoms with Crippen molar-refractivity contribution in [3.05, 3.63) is 39.7 Å². The van der Waals surface area contributed by atoms with Gasteiger partial charge in [0.15, 0.2) is 0 Å². The summed E-state index contributed by atoms with van der Waals surface area (Å²) in [6, 6.07) is 7.64. The van der Waals surface area contributed by atoms with Gasteiger partial charge in [-0.15, -0.1) is 11.3 Å². The molecule has 0 aliphatic carbocycles. The highest BCUT2D eigenvalue weighted by Crippen LogP contribution is 2.29. The fourth-order valence-electron chi connectivity index (χ4n) is 2.29. The average molecular weight is 467 g/mol. The molecule has 0 radical (unpaired) electrons. The molecule has 0 atom stereocenters. The quantitative estimate of drug-likeness (QED) is 0.674. The third-order valence-corrected chi connectivity index (χ3v) is 9.27. The van der Waals surface area contributed by atoms with E-state index in [0.717, 1.165) is 11.3 Å². The number of sulfonamides is 2. The maximum absolute atomic E-state index is 12.8. The van der Waals surface area contributed by atoms with E-state index in [2.05, 4.69) is 20.7 Å². The Morgan fingerprint density at radius 2 is 1.72 bits per heavy atom. The van der Waals surface area contributed by atoms with Gasteiger partial charge < -0.3 is 0 Å². The van der Waals surface area contributed by atoms with Gasteiger partial charge in [-0.05, 0) is 52.7 Å². The second-order valence-corrected chi connectivity index (χ2v) is 11.5. The van der Waals surface area contributed by atoms with Crippen LogP contribution < -0.4 is 4.72 Å². The van der Waals surface area contributed by atoms with E-state index in [9.17, 15) is 16.8 Å². The van der Waals surface area contributed by atoms with E-state index in [1.54, 1.807) is 39.0 Å². The largest absolute Gasteiger partial charge is 0.279 e. The molecule has 1 aromatic heterocycles. The van der Waals surface area contributed by atoms with E-state index in [4.69, 9.17) is 0 Å². The fourth-order valence-corrected chi connectivity index (χ4v) is 7.06. The Kier molecular flexibility index (Phi) is 6.31. The van der Waals surface area contributed by atoms with Gasteiger partial charge in [-0.2, -0.15) is 4.31 Å². The normalized spacial score (nSPS) is 12.5. The van der Waals surface area contributed by atoms with Gasteiger partial charge in [0.25, 0.3) is 10.0 Å². The number of nitrogens with zero attached hydrogens (tertiary/aromatic N) is 1. The monoisotopic (exact) mass is 466 g/mol. The molecule has 2 aromatic rings. The van der Waals surface area contributed by atoms with Gasteiger partial charge in [0.05, 0.1) is 14.4 Å².